The Bertz CT molecular complexity index is 793. The van der Waals surface area contributed by atoms with E-state index >= 15 is 0 Å². The molecule has 0 amide bonds. The molecule has 0 aliphatic carbocycles. The van der Waals surface area contributed by atoms with E-state index in [2.05, 4.69) is 9.97 Å². The SMILES string of the molecule is Cc1c([N+](=O)[O-])ccc(F)c1-c1nc2ccccc2[nH]1. The van der Waals surface area contributed by atoms with Gasteiger partial charge in [0.25, 0.3) is 5.69 Å². The molecule has 0 aliphatic heterocycles. The molecule has 0 aliphatic rings. The van der Waals surface area contributed by atoms with Gasteiger partial charge in [0.2, 0.25) is 0 Å². The predicted molar refractivity (Wildman–Crippen MR) is 72.9 cm³/mol. The van der Waals surface area contributed by atoms with Crippen molar-refractivity contribution in [2.75, 3.05) is 0 Å². The van der Waals surface area contributed by atoms with Gasteiger partial charge in [-0.15, -0.1) is 0 Å². The average Bonchev–Trinajstić information content (AvgIpc) is 2.81. The van der Waals surface area contributed by atoms with Gasteiger partial charge in [-0.2, -0.15) is 0 Å². The van der Waals surface area contributed by atoms with Crippen LogP contribution in [0.1, 0.15) is 5.56 Å². The van der Waals surface area contributed by atoms with Crippen LogP contribution in [0.25, 0.3) is 22.4 Å². The van der Waals surface area contributed by atoms with Crippen LogP contribution in [0.5, 0.6) is 0 Å². The molecule has 3 rings (SSSR count). The van der Waals surface area contributed by atoms with Crippen molar-refractivity contribution in [3.8, 4) is 11.4 Å². The Hall–Kier alpha value is -2.76. The van der Waals surface area contributed by atoms with Gasteiger partial charge < -0.3 is 4.98 Å². The maximum Gasteiger partial charge on any atom is 0.273 e. The molecular formula is C14H10FN3O2. The van der Waals surface area contributed by atoms with Crippen LogP contribution in [0, 0.1) is 22.9 Å². The summed E-state index contributed by atoms with van der Waals surface area (Å²) in [6.45, 7) is 1.52. The second-order valence-electron chi connectivity index (χ2n) is 4.43. The number of benzene rings is 2. The zero-order valence-corrected chi connectivity index (χ0v) is 10.6. The highest BCUT2D eigenvalue weighted by atomic mass is 19.1. The first-order chi connectivity index (χ1) is 9.58. The molecular weight excluding hydrogens is 261 g/mol. The lowest BCUT2D eigenvalue weighted by atomic mass is 10.1. The van der Waals surface area contributed by atoms with Crippen molar-refractivity contribution in [2.24, 2.45) is 0 Å². The highest BCUT2D eigenvalue weighted by Gasteiger charge is 2.20. The minimum atomic E-state index is -0.535. The van der Waals surface area contributed by atoms with Gasteiger partial charge in [0.1, 0.15) is 11.6 Å². The van der Waals surface area contributed by atoms with Crippen LogP contribution in [0.15, 0.2) is 36.4 Å². The summed E-state index contributed by atoms with van der Waals surface area (Å²) in [6, 6.07) is 9.52. The summed E-state index contributed by atoms with van der Waals surface area (Å²) >= 11 is 0. The molecule has 0 unspecified atom stereocenters. The van der Waals surface area contributed by atoms with E-state index in [0.717, 1.165) is 17.6 Å². The molecule has 0 saturated carbocycles. The molecule has 1 heterocycles. The number of H-pyrrole nitrogens is 1. The highest BCUT2D eigenvalue weighted by Crippen LogP contribution is 2.31. The number of hydrogen-bond donors (Lipinski definition) is 1. The lowest BCUT2D eigenvalue weighted by Crippen LogP contribution is -1.97. The highest BCUT2D eigenvalue weighted by molar-refractivity contribution is 5.80. The van der Waals surface area contributed by atoms with Gasteiger partial charge in [-0.05, 0) is 25.1 Å². The van der Waals surface area contributed by atoms with Crippen LogP contribution in [0.2, 0.25) is 0 Å². The topological polar surface area (TPSA) is 71.8 Å². The van der Waals surface area contributed by atoms with Gasteiger partial charge in [-0.3, -0.25) is 10.1 Å². The summed E-state index contributed by atoms with van der Waals surface area (Å²) in [4.78, 5) is 17.7. The van der Waals surface area contributed by atoms with Crippen molar-refractivity contribution in [1.82, 2.24) is 9.97 Å². The summed E-state index contributed by atoms with van der Waals surface area (Å²) in [6.07, 6.45) is 0. The first kappa shape index (κ1) is 12.3. The monoisotopic (exact) mass is 271 g/mol. The fraction of sp³-hybridized carbons (Fsp3) is 0.0714. The predicted octanol–water partition coefficient (Wildman–Crippen LogP) is 3.59. The Morgan fingerprint density at radius 1 is 1.25 bits per heavy atom. The number of hydrogen-bond acceptors (Lipinski definition) is 3. The van der Waals surface area contributed by atoms with E-state index in [1.807, 2.05) is 18.2 Å². The molecule has 6 heteroatoms. The number of nitro groups is 1. The standard InChI is InChI=1S/C14H10FN3O2/c1-8-12(18(19)20)7-6-9(15)13(8)14-16-10-4-2-3-5-11(10)17-14/h2-7H,1H3,(H,16,17). The quantitative estimate of drug-likeness (QED) is 0.572. The lowest BCUT2D eigenvalue weighted by Gasteiger charge is -2.04. The smallest absolute Gasteiger partial charge is 0.273 e. The maximum atomic E-state index is 14.0. The second kappa shape index (κ2) is 4.41. The molecule has 0 bridgehead atoms. The van der Waals surface area contributed by atoms with Gasteiger partial charge in [-0.1, -0.05) is 12.1 Å². The molecule has 3 aromatic rings. The van der Waals surface area contributed by atoms with Crippen LogP contribution in [0.4, 0.5) is 10.1 Å². The summed E-state index contributed by atoms with van der Waals surface area (Å²) < 4.78 is 14.0. The fourth-order valence-electron chi connectivity index (χ4n) is 2.23. The Kier molecular flexibility index (Phi) is 2.71. The summed E-state index contributed by atoms with van der Waals surface area (Å²) in [5.74, 6) is -0.239. The first-order valence-electron chi connectivity index (χ1n) is 5.96. The third kappa shape index (κ3) is 1.82. The molecule has 0 atom stereocenters. The largest absolute Gasteiger partial charge is 0.338 e. The minimum Gasteiger partial charge on any atom is -0.338 e. The van der Waals surface area contributed by atoms with Crippen LogP contribution in [-0.4, -0.2) is 14.9 Å². The van der Waals surface area contributed by atoms with Gasteiger partial charge >= 0.3 is 0 Å². The third-order valence-corrected chi connectivity index (χ3v) is 3.21. The summed E-state index contributed by atoms with van der Waals surface area (Å²) in [5, 5.41) is 10.9. The number of nitro benzene ring substituents is 1. The number of fused-ring (bicyclic) bond motifs is 1. The van der Waals surface area contributed by atoms with Crippen LogP contribution >= 0.6 is 0 Å². The second-order valence-corrected chi connectivity index (χ2v) is 4.43. The van der Waals surface area contributed by atoms with Crippen molar-refractivity contribution in [3.05, 3.63) is 57.9 Å². The molecule has 20 heavy (non-hydrogen) atoms. The van der Waals surface area contributed by atoms with Crippen molar-refractivity contribution >= 4 is 16.7 Å². The number of para-hydroxylation sites is 2. The van der Waals surface area contributed by atoms with Crippen molar-refractivity contribution < 1.29 is 9.31 Å². The third-order valence-electron chi connectivity index (χ3n) is 3.21. The number of imidazole rings is 1. The molecule has 0 saturated heterocycles. The van der Waals surface area contributed by atoms with E-state index in [4.69, 9.17) is 0 Å². The summed E-state index contributed by atoms with van der Waals surface area (Å²) in [7, 11) is 0. The fourth-order valence-corrected chi connectivity index (χ4v) is 2.23. The Labute approximate surface area is 113 Å². The molecule has 2 aromatic carbocycles. The molecule has 1 aromatic heterocycles. The summed E-state index contributed by atoms with van der Waals surface area (Å²) in [5.41, 5.74) is 1.71. The Balaban J connectivity index is 2.28. The zero-order chi connectivity index (χ0) is 14.3. The molecule has 5 nitrogen and oxygen atoms in total. The number of aromatic amines is 1. The van der Waals surface area contributed by atoms with E-state index < -0.39 is 10.7 Å². The van der Waals surface area contributed by atoms with E-state index in [0.29, 0.717) is 11.3 Å². The van der Waals surface area contributed by atoms with E-state index in [-0.39, 0.29) is 16.8 Å². The van der Waals surface area contributed by atoms with Gasteiger partial charge in [0, 0.05) is 11.6 Å². The molecule has 0 radical (unpaired) electrons. The van der Waals surface area contributed by atoms with E-state index in [9.17, 15) is 14.5 Å². The van der Waals surface area contributed by atoms with Gasteiger partial charge in [0.05, 0.1) is 21.5 Å². The first-order valence-corrected chi connectivity index (χ1v) is 5.96. The van der Waals surface area contributed by atoms with Gasteiger partial charge in [-0.25, -0.2) is 9.37 Å². The lowest BCUT2D eigenvalue weighted by molar-refractivity contribution is -0.385. The number of halogens is 1. The van der Waals surface area contributed by atoms with Crippen LogP contribution < -0.4 is 0 Å². The normalized spacial score (nSPS) is 10.9. The molecule has 100 valence electrons. The number of nitrogens with zero attached hydrogens (tertiary/aromatic N) is 2. The minimum absolute atomic E-state index is 0.123. The van der Waals surface area contributed by atoms with E-state index in [1.165, 1.54) is 6.92 Å². The Morgan fingerprint density at radius 3 is 2.70 bits per heavy atom. The molecule has 0 spiro atoms. The van der Waals surface area contributed by atoms with Crippen LogP contribution in [-0.2, 0) is 0 Å². The number of nitrogens with one attached hydrogen (secondary N) is 1. The maximum absolute atomic E-state index is 14.0. The van der Waals surface area contributed by atoms with E-state index in [1.54, 1.807) is 6.07 Å². The van der Waals surface area contributed by atoms with Crippen molar-refractivity contribution in [2.45, 2.75) is 6.92 Å². The molecule has 0 fully saturated rings. The van der Waals surface area contributed by atoms with Crippen LogP contribution in [0.3, 0.4) is 0 Å². The van der Waals surface area contributed by atoms with Crippen molar-refractivity contribution in [1.29, 1.82) is 0 Å². The van der Waals surface area contributed by atoms with Gasteiger partial charge in [0.15, 0.2) is 0 Å². The average molecular weight is 271 g/mol. The molecule has 1 N–H and O–H groups in total. The number of rotatable bonds is 2. The van der Waals surface area contributed by atoms with Crippen molar-refractivity contribution in [3.63, 3.8) is 0 Å². The Morgan fingerprint density at radius 2 is 2.00 bits per heavy atom. The number of aromatic nitrogens is 2. The zero-order valence-electron chi connectivity index (χ0n) is 10.6.